The number of furan rings is 1. The molecule has 0 spiro atoms. The number of fused-ring (bicyclic) bond motifs is 1. The van der Waals surface area contributed by atoms with Gasteiger partial charge in [-0.05, 0) is 37.3 Å². The van der Waals surface area contributed by atoms with Crippen molar-refractivity contribution in [3.8, 4) is 0 Å². The lowest BCUT2D eigenvalue weighted by Gasteiger charge is -2.06. The van der Waals surface area contributed by atoms with Crippen molar-refractivity contribution >= 4 is 34.3 Å². The van der Waals surface area contributed by atoms with Crippen LogP contribution in [0, 0.1) is 6.92 Å². The molecule has 3 rings (SSSR count). The topological polar surface area (TPSA) is 97.4 Å². The molecule has 4 N–H and O–H groups in total. The van der Waals surface area contributed by atoms with Gasteiger partial charge in [-0.25, -0.2) is 4.79 Å². The van der Waals surface area contributed by atoms with Gasteiger partial charge in [0.25, 0.3) is 5.91 Å². The van der Waals surface area contributed by atoms with E-state index in [4.69, 9.17) is 10.2 Å². The van der Waals surface area contributed by atoms with Gasteiger partial charge in [0.1, 0.15) is 5.58 Å². The smallest absolute Gasteiger partial charge is 0.316 e. The van der Waals surface area contributed by atoms with Crippen LogP contribution in [-0.2, 0) is 0 Å². The van der Waals surface area contributed by atoms with E-state index >= 15 is 0 Å². The summed E-state index contributed by atoms with van der Waals surface area (Å²) in [6.45, 7) is 1.85. The molecular weight excluding hydrogens is 294 g/mol. The lowest BCUT2D eigenvalue weighted by molar-refractivity contribution is 0.0998. The molecule has 3 amide bonds. The summed E-state index contributed by atoms with van der Waals surface area (Å²) in [5.74, 6) is -0.0418. The number of para-hydroxylation sites is 1. The first-order valence-corrected chi connectivity index (χ1v) is 7.00. The number of amides is 3. The van der Waals surface area contributed by atoms with Crippen molar-refractivity contribution in [2.75, 3.05) is 10.6 Å². The van der Waals surface area contributed by atoms with Crippen LogP contribution in [0.2, 0.25) is 0 Å². The molecule has 1 aromatic heterocycles. The Kier molecular flexibility index (Phi) is 3.72. The van der Waals surface area contributed by atoms with Crippen LogP contribution in [0.1, 0.15) is 16.1 Å². The molecule has 1 heterocycles. The zero-order valence-corrected chi connectivity index (χ0v) is 12.4. The summed E-state index contributed by atoms with van der Waals surface area (Å²) in [6, 6.07) is 13.5. The number of carbonyl (C=O) groups excluding carboxylic acids is 2. The summed E-state index contributed by atoms with van der Waals surface area (Å²) in [6.07, 6.45) is 0. The highest BCUT2D eigenvalue weighted by Gasteiger charge is 2.17. The van der Waals surface area contributed by atoms with Gasteiger partial charge >= 0.3 is 6.03 Å². The van der Waals surface area contributed by atoms with E-state index in [-0.39, 0.29) is 11.7 Å². The normalized spacial score (nSPS) is 10.5. The van der Waals surface area contributed by atoms with Gasteiger partial charge in [0.05, 0.1) is 0 Å². The molecular formula is C17H15N3O3. The standard InChI is InChI=1S/C17H15N3O3/c1-10-13-4-2-3-5-14(13)23-15(10)16(21)19-11-6-8-12(9-7-11)20-17(18)22/h2-9H,1H3,(H,19,21)(H3,18,20,22). The van der Waals surface area contributed by atoms with Gasteiger partial charge in [0, 0.05) is 22.3 Å². The van der Waals surface area contributed by atoms with Gasteiger partial charge in [0.2, 0.25) is 0 Å². The summed E-state index contributed by atoms with van der Waals surface area (Å²) >= 11 is 0. The minimum absolute atomic E-state index is 0.283. The van der Waals surface area contributed by atoms with Crippen LogP contribution in [0.3, 0.4) is 0 Å². The Bertz CT molecular complexity index is 882. The van der Waals surface area contributed by atoms with E-state index in [0.29, 0.717) is 17.0 Å². The zero-order valence-electron chi connectivity index (χ0n) is 12.4. The van der Waals surface area contributed by atoms with E-state index in [2.05, 4.69) is 10.6 Å². The molecule has 0 saturated heterocycles. The van der Waals surface area contributed by atoms with Crippen LogP contribution in [0.5, 0.6) is 0 Å². The van der Waals surface area contributed by atoms with Crippen LogP contribution in [-0.4, -0.2) is 11.9 Å². The first kappa shape index (κ1) is 14.6. The van der Waals surface area contributed by atoms with Crippen LogP contribution < -0.4 is 16.4 Å². The fourth-order valence-corrected chi connectivity index (χ4v) is 2.36. The van der Waals surface area contributed by atoms with Crippen LogP contribution >= 0.6 is 0 Å². The molecule has 6 heteroatoms. The average molecular weight is 309 g/mol. The summed E-state index contributed by atoms with van der Waals surface area (Å²) in [5.41, 5.74) is 7.65. The molecule has 0 bridgehead atoms. The molecule has 0 radical (unpaired) electrons. The molecule has 6 nitrogen and oxygen atoms in total. The SMILES string of the molecule is Cc1c(C(=O)Nc2ccc(NC(N)=O)cc2)oc2ccccc12. The Labute approximate surface area is 132 Å². The van der Waals surface area contributed by atoms with Crippen LogP contribution in [0.15, 0.2) is 52.9 Å². The summed E-state index contributed by atoms with van der Waals surface area (Å²) in [7, 11) is 0. The van der Waals surface area contributed by atoms with E-state index in [0.717, 1.165) is 10.9 Å². The Morgan fingerprint density at radius 2 is 1.57 bits per heavy atom. The van der Waals surface area contributed by atoms with Gasteiger partial charge in [-0.15, -0.1) is 0 Å². The number of rotatable bonds is 3. The second-order valence-corrected chi connectivity index (χ2v) is 5.07. The van der Waals surface area contributed by atoms with E-state index in [1.165, 1.54) is 0 Å². The Balaban J connectivity index is 1.80. The number of nitrogens with one attached hydrogen (secondary N) is 2. The summed E-state index contributed by atoms with van der Waals surface area (Å²) < 4.78 is 5.62. The molecule has 0 saturated carbocycles. The first-order chi connectivity index (χ1) is 11.0. The molecule has 0 aliphatic carbocycles. The fraction of sp³-hybridized carbons (Fsp3) is 0.0588. The van der Waals surface area contributed by atoms with E-state index < -0.39 is 6.03 Å². The van der Waals surface area contributed by atoms with Crippen molar-refractivity contribution in [3.63, 3.8) is 0 Å². The Hall–Kier alpha value is -3.28. The molecule has 23 heavy (non-hydrogen) atoms. The monoisotopic (exact) mass is 309 g/mol. The Morgan fingerprint density at radius 3 is 2.17 bits per heavy atom. The summed E-state index contributed by atoms with van der Waals surface area (Å²) in [4.78, 5) is 23.1. The van der Waals surface area contributed by atoms with Gasteiger partial charge in [-0.1, -0.05) is 18.2 Å². The lowest BCUT2D eigenvalue weighted by atomic mass is 10.1. The van der Waals surface area contributed by atoms with Gasteiger partial charge in [-0.2, -0.15) is 0 Å². The maximum Gasteiger partial charge on any atom is 0.316 e. The molecule has 3 aromatic rings. The number of hydrogen-bond donors (Lipinski definition) is 3. The predicted octanol–water partition coefficient (Wildman–Crippen LogP) is 3.48. The highest BCUT2D eigenvalue weighted by molar-refractivity contribution is 6.06. The minimum Gasteiger partial charge on any atom is -0.451 e. The number of nitrogens with two attached hydrogens (primary N) is 1. The lowest BCUT2D eigenvalue weighted by Crippen LogP contribution is -2.19. The maximum absolute atomic E-state index is 12.4. The highest BCUT2D eigenvalue weighted by Crippen LogP contribution is 2.25. The molecule has 2 aromatic carbocycles. The number of primary amides is 1. The molecule has 0 fully saturated rings. The molecule has 0 atom stereocenters. The van der Waals surface area contributed by atoms with Crippen molar-refractivity contribution in [1.29, 1.82) is 0 Å². The number of hydrogen-bond acceptors (Lipinski definition) is 3. The zero-order chi connectivity index (χ0) is 16.4. The molecule has 116 valence electrons. The number of carbonyl (C=O) groups is 2. The van der Waals surface area contributed by atoms with Crippen molar-refractivity contribution in [2.45, 2.75) is 6.92 Å². The van der Waals surface area contributed by atoms with E-state index in [1.54, 1.807) is 24.3 Å². The molecule has 0 aliphatic rings. The predicted molar refractivity (Wildman–Crippen MR) is 88.6 cm³/mol. The van der Waals surface area contributed by atoms with Gasteiger partial charge in [-0.3, -0.25) is 4.79 Å². The largest absolute Gasteiger partial charge is 0.451 e. The second kappa shape index (κ2) is 5.84. The quantitative estimate of drug-likeness (QED) is 0.690. The van der Waals surface area contributed by atoms with Gasteiger partial charge in [0.15, 0.2) is 5.76 Å². The number of benzene rings is 2. The third kappa shape index (κ3) is 3.01. The van der Waals surface area contributed by atoms with Crippen molar-refractivity contribution in [3.05, 3.63) is 59.9 Å². The van der Waals surface area contributed by atoms with Crippen molar-refractivity contribution < 1.29 is 14.0 Å². The number of aryl methyl sites for hydroxylation is 1. The van der Waals surface area contributed by atoms with Crippen LogP contribution in [0.25, 0.3) is 11.0 Å². The Morgan fingerprint density at radius 1 is 0.957 bits per heavy atom. The number of anilines is 2. The van der Waals surface area contributed by atoms with Gasteiger partial charge < -0.3 is 20.8 Å². The average Bonchev–Trinajstić information content (AvgIpc) is 2.86. The minimum atomic E-state index is -0.639. The second-order valence-electron chi connectivity index (χ2n) is 5.07. The molecule has 0 unspecified atom stereocenters. The highest BCUT2D eigenvalue weighted by atomic mass is 16.3. The van der Waals surface area contributed by atoms with Crippen LogP contribution in [0.4, 0.5) is 16.2 Å². The third-order valence-corrected chi connectivity index (χ3v) is 3.46. The maximum atomic E-state index is 12.4. The van der Waals surface area contributed by atoms with E-state index in [1.807, 2.05) is 31.2 Å². The van der Waals surface area contributed by atoms with Crippen molar-refractivity contribution in [1.82, 2.24) is 0 Å². The molecule has 0 aliphatic heterocycles. The van der Waals surface area contributed by atoms with Crippen molar-refractivity contribution in [2.24, 2.45) is 5.73 Å². The number of urea groups is 1. The fourth-order valence-electron chi connectivity index (χ4n) is 2.36. The summed E-state index contributed by atoms with van der Waals surface area (Å²) in [5, 5.41) is 6.13. The third-order valence-electron chi connectivity index (χ3n) is 3.46. The van der Waals surface area contributed by atoms with E-state index in [9.17, 15) is 9.59 Å². The first-order valence-electron chi connectivity index (χ1n) is 7.00.